The number of benzene rings is 2. The minimum Gasteiger partial charge on any atom is -0.494 e. The fraction of sp³-hybridized carbons (Fsp3) is 0.300. The Morgan fingerprint density at radius 3 is 2.69 bits per heavy atom. The first kappa shape index (κ1) is 20.1. The molecule has 3 rings (SSSR count). The molecule has 152 valence electrons. The molecule has 1 atom stereocenters. The zero-order valence-corrected chi connectivity index (χ0v) is 16.5. The molecule has 1 heterocycles. The van der Waals surface area contributed by atoms with Crippen LogP contribution in [-0.4, -0.2) is 47.4 Å². The quantitative estimate of drug-likeness (QED) is 0.571. The molecule has 0 aliphatic carbocycles. The monoisotopic (exact) mass is 397 g/mol. The maximum atomic E-state index is 13.1. The van der Waals surface area contributed by atoms with Crippen LogP contribution >= 0.6 is 0 Å². The van der Waals surface area contributed by atoms with E-state index < -0.39 is 5.92 Å². The lowest BCUT2D eigenvalue weighted by Crippen LogP contribution is -2.24. The van der Waals surface area contributed by atoms with E-state index in [4.69, 9.17) is 14.2 Å². The van der Waals surface area contributed by atoms with E-state index >= 15 is 0 Å². The van der Waals surface area contributed by atoms with Crippen molar-refractivity contribution >= 4 is 11.6 Å². The summed E-state index contributed by atoms with van der Waals surface area (Å²) in [4.78, 5) is 13.1. The van der Waals surface area contributed by atoms with Crippen LogP contribution < -0.4 is 19.5 Å². The third-order valence-corrected chi connectivity index (χ3v) is 4.31. The van der Waals surface area contributed by atoms with Crippen molar-refractivity contribution in [1.29, 1.82) is 0 Å². The average molecular weight is 397 g/mol. The Kier molecular flexibility index (Phi) is 6.62. The van der Waals surface area contributed by atoms with Crippen LogP contribution in [0.5, 0.6) is 17.2 Å². The molecule has 9 nitrogen and oxygen atoms in total. The molecule has 1 amide bonds. The van der Waals surface area contributed by atoms with Crippen LogP contribution in [-0.2, 0) is 11.2 Å². The number of aromatic amines is 1. The highest BCUT2D eigenvalue weighted by Crippen LogP contribution is 2.34. The summed E-state index contributed by atoms with van der Waals surface area (Å²) < 4.78 is 16.3. The molecule has 2 N–H and O–H groups in total. The van der Waals surface area contributed by atoms with Crippen molar-refractivity contribution in [2.45, 2.75) is 19.3 Å². The molecule has 29 heavy (non-hydrogen) atoms. The van der Waals surface area contributed by atoms with Crippen molar-refractivity contribution in [3.63, 3.8) is 0 Å². The van der Waals surface area contributed by atoms with Gasteiger partial charge >= 0.3 is 0 Å². The Morgan fingerprint density at radius 1 is 1.17 bits per heavy atom. The van der Waals surface area contributed by atoms with Gasteiger partial charge in [0.1, 0.15) is 11.7 Å². The number of rotatable bonds is 9. The summed E-state index contributed by atoms with van der Waals surface area (Å²) in [6.07, 6.45) is 0.302. The maximum absolute atomic E-state index is 13.1. The fourth-order valence-electron chi connectivity index (χ4n) is 3.01. The number of hydrogen-bond acceptors (Lipinski definition) is 7. The first-order valence-corrected chi connectivity index (χ1v) is 9.13. The minimum atomic E-state index is -0.689. The molecular formula is C20H23N5O4. The normalized spacial score (nSPS) is 11.6. The number of hydrogen-bond donors (Lipinski definition) is 2. The predicted molar refractivity (Wildman–Crippen MR) is 106 cm³/mol. The molecule has 0 unspecified atom stereocenters. The van der Waals surface area contributed by atoms with Crippen LogP contribution in [0.1, 0.15) is 24.2 Å². The van der Waals surface area contributed by atoms with Gasteiger partial charge in [0.05, 0.1) is 20.8 Å². The van der Waals surface area contributed by atoms with Crippen molar-refractivity contribution < 1.29 is 19.0 Å². The van der Waals surface area contributed by atoms with Crippen LogP contribution in [0.25, 0.3) is 0 Å². The van der Waals surface area contributed by atoms with Crippen molar-refractivity contribution in [1.82, 2.24) is 20.6 Å². The smallest absolute Gasteiger partial charge is 0.235 e. The summed E-state index contributed by atoms with van der Waals surface area (Å²) in [6.45, 7) is 2.44. The topological polar surface area (TPSA) is 111 Å². The third-order valence-electron chi connectivity index (χ3n) is 4.31. The summed E-state index contributed by atoms with van der Waals surface area (Å²) in [7, 11) is 3.13. The predicted octanol–water partition coefficient (Wildman–Crippen LogP) is 2.58. The van der Waals surface area contributed by atoms with Crippen LogP contribution in [0.15, 0.2) is 42.5 Å². The van der Waals surface area contributed by atoms with Gasteiger partial charge in [0.15, 0.2) is 17.3 Å². The van der Waals surface area contributed by atoms with Crippen molar-refractivity contribution in [3.05, 3.63) is 53.9 Å². The number of amides is 1. The van der Waals surface area contributed by atoms with Crippen LogP contribution in [0.2, 0.25) is 0 Å². The largest absolute Gasteiger partial charge is 0.494 e. The number of carbonyl (C=O) groups is 1. The van der Waals surface area contributed by atoms with Gasteiger partial charge in [-0.05, 0) is 37.1 Å². The van der Waals surface area contributed by atoms with Gasteiger partial charge in [-0.15, -0.1) is 10.2 Å². The Balaban J connectivity index is 1.87. The zero-order valence-electron chi connectivity index (χ0n) is 16.5. The number of methoxy groups -OCH3 is 2. The molecule has 0 saturated heterocycles. The Labute approximate surface area is 168 Å². The van der Waals surface area contributed by atoms with E-state index in [1.165, 1.54) is 0 Å². The van der Waals surface area contributed by atoms with Gasteiger partial charge < -0.3 is 19.5 Å². The number of para-hydroxylation sites is 1. The van der Waals surface area contributed by atoms with Crippen LogP contribution in [0.4, 0.5) is 5.69 Å². The molecule has 0 bridgehead atoms. The highest BCUT2D eigenvalue weighted by molar-refractivity contribution is 5.95. The highest BCUT2D eigenvalue weighted by Gasteiger charge is 2.27. The van der Waals surface area contributed by atoms with Gasteiger partial charge in [0, 0.05) is 11.8 Å². The second-order valence-corrected chi connectivity index (χ2v) is 6.13. The number of nitrogens with zero attached hydrogens (tertiary/aromatic N) is 3. The first-order chi connectivity index (χ1) is 14.2. The lowest BCUT2D eigenvalue weighted by Gasteiger charge is -2.17. The second kappa shape index (κ2) is 9.54. The molecule has 0 aliphatic heterocycles. The number of aromatic nitrogens is 4. The van der Waals surface area contributed by atoms with E-state index in [1.54, 1.807) is 32.4 Å². The maximum Gasteiger partial charge on any atom is 0.235 e. The number of H-pyrrole nitrogens is 1. The van der Waals surface area contributed by atoms with E-state index in [-0.39, 0.29) is 11.7 Å². The first-order valence-electron chi connectivity index (χ1n) is 9.13. The Hall–Kier alpha value is -3.62. The Bertz CT molecular complexity index is 946. The van der Waals surface area contributed by atoms with E-state index in [2.05, 4.69) is 25.9 Å². The lowest BCUT2D eigenvalue weighted by atomic mass is 9.96. The van der Waals surface area contributed by atoms with E-state index in [0.29, 0.717) is 36.0 Å². The summed E-state index contributed by atoms with van der Waals surface area (Å²) in [5.74, 6) is 1.15. The van der Waals surface area contributed by atoms with Gasteiger partial charge in [-0.2, -0.15) is 5.21 Å². The molecule has 3 aromatic rings. The molecule has 0 saturated carbocycles. The molecule has 0 aliphatic rings. The van der Waals surface area contributed by atoms with Crippen molar-refractivity contribution in [2.24, 2.45) is 0 Å². The summed E-state index contributed by atoms with van der Waals surface area (Å²) in [5.41, 5.74) is 1.41. The molecular weight excluding hydrogens is 374 g/mol. The standard InChI is InChI=1S/C20H23N5O4/c1-4-29-15-9-6-8-14(12-15)21-20(26)16(19-22-24-25-23-19)11-13-7-5-10-17(27-2)18(13)28-3/h5-10,12,16H,4,11H2,1-3H3,(H,21,26)(H,22,23,24,25)/t16-/m1/s1. The summed E-state index contributed by atoms with van der Waals surface area (Å²) in [5, 5.41) is 16.9. The average Bonchev–Trinajstić information content (AvgIpc) is 3.26. The number of tetrazole rings is 1. The number of nitrogens with one attached hydrogen (secondary N) is 2. The van der Waals surface area contributed by atoms with Crippen molar-refractivity contribution in [2.75, 3.05) is 26.1 Å². The summed E-state index contributed by atoms with van der Waals surface area (Å²) >= 11 is 0. The van der Waals surface area contributed by atoms with Gasteiger partial charge in [-0.3, -0.25) is 4.79 Å². The van der Waals surface area contributed by atoms with E-state index in [0.717, 1.165) is 5.56 Å². The SMILES string of the molecule is CCOc1cccc(NC(=O)[C@H](Cc2cccc(OC)c2OC)c2nn[nH]n2)c1. The number of carbonyl (C=O) groups excluding carboxylic acids is 1. The molecule has 2 aromatic carbocycles. The molecule has 9 heteroatoms. The van der Waals surface area contributed by atoms with Crippen LogP contribution in [0.3, 0.4) is 0 Å². The van der Waals surface area contributed by atoms with E-state index in [1.807, 2.05) is 31.2 Å². The van der Waals surface area contributed by atoms with Gasteiger partial charge in [0.2, 0.25) is 5.91 Å². The van der Waals surface area contributed by atoms with E-state index in [9.17, 15) is 4.79 Å². The molecule has 0 radical (unpaired) electrons. The van der Waals surface area contributed by atoms with Crippen molar-refractivity contribution in [3.8, 4) is 17.2 Å². The molecule has 0 fully saturated rings. The minimum absolute atomic E-state index is 0.273. The van der Waals surface area contributed by atoms with Gasteiger partial charge in [-0.25, -0.2) is 0 Å². The molecule has 1 aromatic heterocycles. The Morgan fingerprint density at radius 2 is 2.00 bits per heavy atom. The summed E-state index contributed by atoms with van der Waals surface area (Å²) in [6, 6.07) is 12.7. The zero-order chi connectivity index (χ0) is 20.6. The highest BCUT2D eigenvalue weighted by atomic mass is 16.5. The fourth-order valence-corrected chi connectivity index (χ4v) is 3.01. The number of ether oxygens (including phenoxy) is 3. The lowest BCUT2D eigenvalue weighted by molar-refractivity contribution is -0.117. The molecule has 0 spiro atoms. The van der Waals surface area contributed by atoms with Crippen LogP contribution in [0, 0.1) is 0 Å². The second-order valence-electron chi connectivity index (χ2n) is 6.13. The van der Waals surface area contributed by atoms with Gasteiger partial charge in [-0.1, -0.05) is 23.4 Å². The number of anilines is 1. The van der Waals surface area contributed by atoms with Gasteiger partial charge in [0.25, 0.3) is 0 Å². The third kappa shape index (κ3) is 4.81.